The summed E-state index contributed by atoms with van der Waals surface area (Å²) in [5.41, 5.74) is 15.5. The van der Waals surface area contributed by atoms with E-state index in [0.29, 0.717) is 0 Å². The minimum Gasteiger partial charge on any atom is -0.265 e. The van der Waals surface area contributed by atoms with E-state index in [4.69, 9.17) is 29.9 Å². The fourth-order valence-corrected chi connectivity index (χ4v) is 8.70. The summed E-state index contributed by atoms with van der Waals surface area (Å²) in [7, 11) is 0. The maximum Gasteiger partial charge on any atom is 0.0717 e. The van der Waals surface area contributed by atoms with E-state index >= 15 is 0 Å². The maximum absolute atomic E-state index is 4.92. The van der Waals surface area contributed by atoms with Gasteiger partial charge in [-0.2, -0.15) is 0 Å². The molecule has 0 aliphatic carbocycles. The second-order valence-electron chi connectivity index (χ2n) is 16.1. The molecule has 0 amide bonds. The largest absolute Gasteiger partial charge is 0.265 e. The Bertz CT molecular complexity index is 3410. The van der Waals surface area contributed by atoms with Crippen molar-refractivity contribution in [1.82, 2.24) is 39.9 Å². The van der Waals surface area contributed by atoms with E-state index in [2.05, 4.69) is 119 Å². The van der Waals surface area contributed by atoms with E-state index in [1.165, 1.54) is 32.3 Å². The van der Waals surface area contributed by atoms with Crippen molar-refractivity contribution in [2.75, 3.05) is 0 Å². The zero-order chi connectivity index (χ0) is 43.8. The summed E-state index contributed by atoms with van der Waals surface area (Å²) < 4.78 is 0. The molecule has 0 unspecified atom stereocenters. The third-order valence-corrected chi connectivity index (χ3v) is 12.2. The molecule has 4 aromatic carbocycles. The first-order chi connectivity index (χ1) is 32.7. The summed E-state index contributed by atoms with van der Waals surface area (Å²) >= 11 is 0. The predicted molar refractivity (Wildman–Crippen MR) is 265 cm³/mol. The van der Waals surface area contributed by atoms with Crippen LogP contribution in [-0.2, 0) is 0 Å². The lowest BCUT2D eigenvalue weighted by Crippen LogP contribution is -1.91. The van der Waals surface area contributed by atoms with E-state index in [1.54, 1.807) is 24.8 Å². The monoisotopic (exact) mass is 844 g/mol. The first kappa shape index (κ1) is 38.5. The first-order valence-corrected chi connectivity index (χ1v) is 21.7. The molecule has 0 N–H and O–H groups in total. The van der Waals surface area contributed by atoms with Gasteiger partial charge in [0.15, 0.2) is 0 Å². The van der Waals surface area contributed by atoms with Crippen LogP contribution in [0.15, 0.2) is 220 Å². The number of nitrogens with zero attached hydrogens (tertiary/aromatic N) is 8. The molecule has 0 aliphatic heterocycles. The Balaban J connectivity index is 0.779. The number of aromatic nitrogens is 8. The van der Waals surface area contributed by atoms with Crippen molar-refractivity contribution in [3.8, 4) is 89.8 Å². The third kappa shape index (κ3) is 7.28. The smallest absolute Gasteiger partial charge is 0.0717 e. The third-order valence-electron chi connectivity index (χ3n) is 12.2. The quantitative estimate of drug-likeness (QED) is 0.139. The number of hydrogen-bond acceptors (Lipinski definition) is 8. The molecule has 66 heavy (non-hydrogen) atoms. The molecule has 8 heteroatoms. The fraction of sp³-hybridized carbons (Fsp3) is 0. The van der Waals surface area contributed by atoms with Crippen LogP contribution in [0.5, 0.6) is 0 Å². The van der Waals surface area contributed by atoms with Gasteiger partial charge in [0.2, 0.25) is 0 Å². The van der Waals surface area contributed by atoms with Crippen molar-refractivity contribution < 1.29 is 0 Å². The standard InChI is InChI=1S/C58H36N8/c1-2-4-48-47(3-1)51-29-39(53-17-9-43(33-63-53)57-19-11-45(35-65-57)55-15-7-41(31-61-55)37-21-25-59-26-22-37)5-13-49(51)50-14-6-40(30-52(48)50)54-18-10-44(34-64-54)58-20-12-46(36-66-58)56-16-8-42(32-62-56)38-23-27-60-28-24-38/h1-36H. The fourth-order valence-electron chi connectivity index (χ4n) is 8.70. The van der Waals surface area contributed by atoms with Crippen molar-refractivity contribution >= 4 is 32.3 Å². The molecule has 12 aromatic rings. The highest BCUT2D eigenvalue weighted by Crippen LogP contribution is 2.39. The molecule has 0 radical (unpaired) electrons. The van der Waals surface area contributed by atoms with Crippen LogP contribution in [0.2, 0.25) is 0 Å². The lowest BCUT2D eigenvalue weighted by molar-refractivity contribution is 1.26. The number of hydrogen-bond donors (Lipinski definition) is 0. The summed E-state index contributed by atoms with van der Waals surface area (Å²) in [5, 5.41) is 7.15. The Morgan fingerprint density at radius 3 is 0.773 bits per heavy atom. The molecule has 12 rings (SSSR count). The second-order valence-corrected chi connectivity index (χ2v) is 16.1. The van der Waals surface area contributed by atoms with Crippen molar-refractivity contribution in [2.24, 2.45) is 0 Å². The molecule has 8 aromatic heterocycles. The minimum absolute atomic E-state index is 0.855. The summed E-state index contributed by atoms with van der Waals surface area (Å²) in [6.45, 7) is 0. The highest BCUT2D eigenvalue weighted by molar-refractivity contribution is 6.26. The van der Waals surface area contributed by atoms with Crippen LogP contribution in [0, 0.1) is 0 Å². The van der Waals surface area contributed by atoms with Gasteiger partial charge in [0, 0.05) is 106 Å². The highest BCUT2D eigenvalue weighted by Gasteiger charge is 2.14. The van der Waals surface area contributed by atoms with E-state index in [-0.39, 0.29) is 0 Å². The number of rotatable bonds is 8. The first-order valence-electron chi connectivity index (χ1n) is 21.7. The number of fused-ring (bicyclic) bond motifs is 6. The zero-order valence-corrected chi connectivity index (χ0v) is 35.4. The highest BCUT2D eigenvalue weighted by atomic mass is 14.7. The summed E-state index contributed by atoms with van der Waals surface area (Å²) in [6, 6.07) is 54.6. The minimum atomic E-state index is 0.855. The van der Waals surface area contributed by atoms with Crippen LogP contribution in [0.1, 0.15) is 0 Å². The molecule has 8 nitrogen and oxygen atoms in total. The Kier molecular flexibility index (Phi) is 9.65. The van der Waals surface area contributed by atoms with Gasteiger partial charge >= 0.3 is 0 Å². The van der Waals surface area contributed by atoms with Crippen molar-refractivity contribution in [3.63, 3.8) is 0 Å². The average Bonchev–Trinajstić information content (AvgIpc) is 3.41. The van der Waals surface area contributed by atoms with E-state index < -0.39 is 0 Å². The van der Waals surface area contributed by atoms with Gasteiger partial charge in [0.1, 0.15) is 0 Å². The molecule has 0 saturated carbocycles. The summed E-state index contributed by atoms with van der Waals surface area (Å²) in [4.78, 5) is 37.0. The molecule has 8 heterocycles. The summed E-state index contributed by atoms with van der Waals surface area (Å²) in [5.74, 6) is 0. The zero-order valence-electron chi connectivity index (χ0n) is 35.4. The van der Waals surface area contributed by atoms with E-state index in [1.807, 2.05) is 85.7 Å². The molecule has 0 fully saturated rings. The molecular formula is C58H36N8. The topological polar surface area (TPSA) is 103 Å². The van der Waals surface area contributed by atoms with Gasteiger partial charge in [-0.05, 0) is 141 Å². The molecule has 308 valence electrons. The summed E-state index contributed by atoms with van der Waals surface area (Å²) in [6.07, 6.45) is 18.5. The van der Waals surface area contributed by atoms with Crippen LogP contribution >= 0.6 is 0 Å². The lowest BCUT2D eigenvalue weighted by atomic mass is 9.91. The molecule has 0 atom stereocenters. The molecule has 0 bridgehead atoms. The van der Waals surface area contributed by atoms with Gasteiger partial charge < -0.3 is 0 Å². The van der Waals surface area contributed by atoms with Crippen molar-refractivity contribution in [3.05, 3.63) is 220 Å². The number of benzene rings is 4. The Hall–Kier alpha value is -9.14. The predicted octanol–water partition coefficient (Wildman–Crippen LogP) is 13.6. The lowest BCUT2D eigenvalue weighted by Gasteiger charge is -2.13. The van der Waals surface area contributed by atoms with Crippen LogP contribution < -0.4 is 0 Å². The van der Waals surface area contributed by atoms with Crippen LogP contribution in [0.3, 0.4) is 0 Å². The van der Waals surface area contributed by atoms with Gasteiger partial charge in [0.05, 0.1) is 34.2 Å². The molecule has 0 aliphatic rings. The molecular weight excluding hydrogens is 809 g/mol. The van der Waals surface area contributed by atoms with Gasteiger partial charge in [-0.3, -0.25) is 39.9 Å². The Morgan fingerprint density at radius 1 is 0.197 bits per heavy atom. The van der Waals surface area contributed by atoms with Gasteiger partial charge in [-0.15, -0.1) is 0 Å². The van der Waals surface area contributed by atoms with Crippen LogP contribution in [-0.4, -0.2) is 39.9 Å². The Morgan fingerprint density at radius 2 is 0.470 bits per heavy atom. The second kappa shape index (κ2) is 16.5. The van der Waals surface area contributed by atoms with Crippen LogP contribution in [0.4, 0.5) is 0 Å². The maximum atomic E-state index is 4.92. The van der Waals surface area contributed by atoms with E-state index in [9.17, 15) is 0 Å². The van der Waals surface area contributed by atoms with E-state index in [0.717, 1.165) is 89.8 Å². The van der Waals surface area contributed by atoms with Crippen molar-refractivity contribution in [1.29, 1.82) is 0 Å². The normalized spacial score (nSPS) is 11.3. The Labute approximate surface area is 380 Å². The van der Waals surface area contributed by atoms with Gasteiger partial charge in [0.25, 0.3) is 0 Å². The van der Waals surface area contributed by atoms with Crippen molar-refractivity contribution in [2.45, 2.75) is 0 Å². The average molecular weight is 845 g/mol. The number of pyridine rings is 8. The molecule has 0 spiro atoms. The van der Waals surface area contributed by atoms with Gasteiger partial charge in [-0.1, -0.05) is 60.7 Å². The SMILES string of the molecule is c1ccc2c(c1)c1cc(-c3ccc(-c4ccc(-c5ccc(-c6ccncc6)cn5)cn4)cn3)ccc1c1ccc(-c3ccc(-c4ccc(-c5ccc(-c6ccncc6)cn5)cn4)cn3)cc21. The molecule has 0 saturated heterocycles. The van der Waals surface area contributed by atoms with Gasteiger partial charge in [-0.25, -0.2) is 0 Å². The van der Waals surface area contributed by atoms with Crippen LogP contribution in [0.25, 0.3) is 122 Å².